The van der Waals surface area contributed by atoms with E-state index < -0.39 is 0 Å². The van der Waals surface area contributed by atoms with Crippen molar-refractivity contribution in [1.29, 1.82) is 0 Å². The summed E-state index contributed by atoms with van der Waals surface area (Å²) in [6.45, 7) is 6.05. The lowest BCUT2D eigenvalue weighted by molar-refractivity contribution is 0.121. The molecule has 0 radical (unpaired) electrons. The van der Waals surface area contributed by atoms with Gasteiger partial charge in [0.2, 0.25) is 0 Å². The maximum atomic E-state index is 6.04. The number of likely N-dealkylation sites (tertiary alicyclic amines) is 1. The Labute approximate surface area is 96.8 Å². The summed E-state index contributed by atoms with van der Waals surface area (Å²) in [5, 5.41) is 0. The van der Waals surface area contributed by atoms with E-state index in [1.165, 1.54) is 25.7 Å². The van der Waals surface area contributed by atoms with E-state index in [1.54, 1.807) is 0 Å². The van der Waals surface area contributed by atoms with Crippen LogP contribution >= 0.6 is 0 Å². The third-order valence-corrected chi connectivity index (χ3v) is 3.47. The second-order valence-electron chi connectivity index (χ2n) is 4.75. The van der Waals surface area contributed by atoms with Crippen molar-refractivity contribution >= 4 is 0 Å². The van der Waals surface area contributed by atoms with Gasteiger partial charge in [-0.05, 0) is 33.2 Å². The van der Waals surface area contributed by atoms with Crippen LogP contribution in [0.5, 0.6) is 0 Å². The summed E-state index contributed by atoms with van der Waals surface area (Å²) in [7, 11) is 0. The zero-order valence-electron chi connectivity index (χ0n) is 10.1. The molecule has 2 unspecified atom stereocenters. The SMILES string of the molecule is Cc1ocnc1CN1CCCCC1C(C)N. The average Bonchev–Trinajstić information content (AvgIpc) is 2.65. The molecule has 0 saturated carbocycles. The maximum Gasteiger partial charge on any atom is 0.181 e. The van der Waals surface area contributed by atoms with Crippen LogP contribution in [0.3, 0.4) is 0 Å². The first-order chi connectivity index (χ1) is 7.68. The lowest BCUT2D eigenvalue weighted by Gasteiger charge is -2.37. The summed E-state index contributed by atoms with van der Waals surface area (Å²) >= 11 is 0. The van der Waals surface area contributed by atoms with Crippen LogP contribution in [-0.4, -0.2) is 28.5 Å². The molecular weight excluding hydrogens is 202 g/mol. The van der Waals surface area contributed by atoms with E-state index in [9.17, 15) is 0 Å². The fourth-order valence-electron chi connectivity index (χ4n) is 2.48. The molecule has 1 aromatic heterocycles. The van der Waals surface area contributed by atoms with Crippen LogP contribution in [0.4, 0.5) is 0 Å². The largest absolute Gasteiger partial charge is 0.448 e. The molecular formula is C12H21N3O. The minimum Gasteiger partial charge on any atom is -0.448 e. The third-order valence-electron chi connectivity index (χ3n) is 3.47. The van der Waals surface area contributed by atoms with Gasteiger partial charge < -0.3 is 10.2 Å². The van der Waals surface area contributed by atoms with Crippen molar-refractivity contribution < 1.29 is 4.42 Å². The molecule has 2 atom stereocenters. The monoisotopic (exact) mass is 223 g/mol. The number of hydrogen-bond donors (Lipinski definition) is 1. The molecule has 2 rings (SSSR count). The van der Waals surface area contributed by atoms with E-state index >= 15 is 0 Å². The second kappa shape index (κ2) is 4.97. The Hall–Kier alpha value is -0.870. The molecule has 1 aliphatic heterocycles. The molecule has 4 nitrogen and oxygen atoms in total. The maximum absolute atomic E-state index is 6.04. The summed E-state index contributed by atoms with van der Waals surface area (Å²) in [6, 6.07) is 0.720. The van der Waals surface area contributed by atoms with Crippen LogP contribution < -0.4 is 5.73 Å². The van der Waals surface area contributed by atoms with Crippen LogP contribution in [0.15, 0.2) is 10.8 Å². The van der Waals surface area contributed by atoms with Crippen molar-refractivity contribution in [1.82, 2.24) is 9.88 Å². The Balaban J connectivity index is 2.04. The third kappa shape index (κ3) is 2.44. The quantitative estimate of drug-likeness (QED) is 0.847. The highest BCUT2D eigenvalue weighted by atomic mass is 16.3. The van der Waals surface area contributed by atoms with E-state index in [0.29, 0.717) is 6.04 Å². The molecule has 2 heterocycles. The van der Waals surface area contributed by atoms with E-state index in [1.807, 2.05) is 6.92 Å². The van der Waals surface area contributed by atoms with Crippen LogP contribution in [0.2, 0.25) is 0 Å². The van der Waals surface area contributed by atoms with E-state index in [2.05, 4.69) is 16.8 Å². The van der Waals surface area contributed by atoms with Gasteiger partial charge in [0.25, 0.3) is 0 Å². The Morgan fingerprint density at radius 2 is 2.44 bits per heavy atom. The number of aromatic nitrogens is 1. The highest BCUT2D eigenvalue weighted by Gasteiger charge is 2.26. The van der Waals surface area contributed by atoms with Crippen molar-refractivity contribution in [3.8, 4) is 0 Å². The Morgan fingerprint density at radius 3 is 3.06 bits per heavy atom. The molecule has 1 saturated heterocycles. The number of rotatable bonds is 3. The van der Waals surface area contributed by atoms with Gasteiger partial charge in [-0.15, -0.1) is 0 Å². The van der Waals surface area contributed by atoms with Crippen LogP contribution in [0, 0.1) is 6.92 Å². The second-order valence-corrected chi connectivity index (χ2v) is 4.75. The van der Waals surface area contributed by atoms with Crippen molar-refractivity contribution in [2.45, 2.75) is 51.7 Å². The van der Waals surface area contributed by atoms with Crippen molar-refractivity contribution in [2.75, 3.05) is 6.54 Å². The van der Waals surface area contributed by atoms with Gasteiger partial charge in [-0.3, -0.25) is 4.90 Å². The highest BCUT2D eigenvalue weighted by molar-refractivity contribution is 5.05. The van der Waals surface area contributed by atoms with E-state index in [4.69, 9.17) is 10.2 Å². The predicted octanol–water partition coefficient (Wildman–Crippen LogP) is 1.68. The first-order valence-corrected chi connectivity index (χ1v) is 6.07. The number of nitrogens with zero attached hydrogens (tertiary/aromatic N) is 2. The first kappa shape index (κ1) is 11.6. The van der Waals surface area contributed by atoms with E-state index in [-0.39, 0.29) is 6.04 Å². The molecule has 0 bridgehead atoms. The van der Waals surface area contributed by atoms with Gasteiger partial charge in [-0.2, -0.15) is 0 Å². The number of piperidine rings is 1. The van der Waals surface area contributed by atoms with Gasteiger partial charge in [0.15, 0.2) is 6.39 Å². The van der Waals surface area contributed by atoms with Crippen LogP contribution in [0.25, 0.3) is 0 Å². The smallest absolute Gasteiger partial charge is 0.181 e. The molecule has 1 aromatic rings. The Kier molecular flexibility index (Phi) is 3.61. The summed E-state index contributed by atoms with van der Waals surface area (Å²) in [4.78, 5) is 6.70. The predicted molar refractivity (Wildman–Crippen MR) is 62.9 cm³/mol. The van der Waals surface area contributed by atoms with Gasteiger partial charge in [-0.25, -0.2) is 4.98 Å². The van der Waals surface area contributed by atoms with Crippen LogP contribution in [0.1, 0.15) is 37.6 Å². The molecule has 16 heavy (non-hydrogen) atoms. The van der Waals surface area contributed by atoms with Gasteiger partial charge in [0.05, 0.1) is 5.69 Å². The zero-order chi connectivity index (χ0) is 11.5. The number of oxazole rings is 1. The topological polar surface area (TPSA) is 55.3 Å². The summed E-state index contributed by atoms with van der Waals surface area (Å²) in [5.74, 6) is 0.925. The molecule has 0 spiro atoms. The number of hydrogen-bond acceptors (Lipinski definition) is 4. The molecule has 0 amide bonds. The minimum atomic E-state index is 0.229. The zero-order valence-corrected chi connectivity index (χ0v) is 10.1. The van der Waals surface area contributed by atoms with Crippen LogP contribution in [-0.2, 0) is 6.54 Å². The Morgan fingerprint density at radius 1 is 1.62 bits per heavy atom. The molecule has 1 fully saturated rings. The van der Waals surface area contributed by atoms with Crippen molar-refractivity contribution in [3.63, 3.8) is 0 Å². The fourth-order valence-corrected chi connectivity index (χ4v) is 2.48. The molecule has 1 aliphatic rings. The average molecular weight is 223 g/mol. The van der Waals surface area contributed by atoms with Gasteiger partial charge >= 0.3 is 0 Å². The minimum absolute atomic E-state index is 0.229. The lowest BCUT2D eigenvalue weighted by Crippen LogP contribution is -2.48. The fraction of sp³-hybridized carbons (Fsp3) is 0.750. The molecule has 90 valence electrons. The first-order valence-electron chi connectivity index (χ1n) is 6.07. The normalized spacial score (nSPS) is 24.6. The number of nitrogens with two attached hydrogens (primary N) is 1. The van der Waals surface area contributed by atoms with Crippen molar-refractivity contribution in [2.24, 2.45) is 5.73 Å². The summed E-state index contributed by atoms with van der Waals surface area (Å²) in [6.07, 6.45) is 5.28. The summed E-state index contributed by atoms with van der Waals surface area (Å²) in [5.41, 5.74) is 7.09. The van der Waals surface area contributed by atoms with Gasteiger partial charge in [0.1, 0.15) is 5.76 Å². The lowest BCUT2D eigenvalue weighted by atomic mass is 9.97. The summed E-state index contributed by atoms with van der Waals surface area (Å²) < 4.78 is 5.23. The molecule has 0 aromatic carbocycles. The standard InChI is InChI=1S/C12H21N3O/c1-9(13)12-5-3-4-6-15(12)7-11-10(2)16-8-14-11/h8-9,12H,3-7,13H2,1-2H3. The number of aryl methyl sites for hydroxylation is 1. The molecule has 0 aliphatic carbocycles. The van der Waals surface area contributed by atoms with Gasteiger partial charge in [-0.1, -0.05) is 6.42 Å². The van der Waals surface area contributed by atoms with Gasteiger partial charge in [0, 0.05) is 18.6 Å². The highest BCUT2D eigenvalue weighted by Crippen LogP contribution is 2.21. The van der Waals surface area contributed by atoms with E-state index in [0.717, 1.165) is 24.5 Å². The Bertz CT molecular complexity index is 335. The molecule has 4 heteroatoms. The van der Waals surface area contributed by atoms with Crippen molar-refractivity contribution in [3.05, 3.63) is 17.8 Å². The molecule has 2 N–H and O–H groups in total.